The molecule has 0 saturated heterocycles. The number of aryl methyl sites for hydroxylation is 1. The second-order valence-corrected chi connectivity index (χ2v) is 5.20. The molecule has 0 unspecified atom stereocenters. The van der Waals surface area contributed by atoms with Crippen molar-refractivity contribution in [1.82, 2.24) is 0 Å². The lowest BCUT2D eigenvalue weighted by atomic mass is 9.99. The van der Waals surface area contributed by atoms with Crippen molar-refractivity contribution in [2.45, 2.75) is 6.92 Å². The minimum atomic E-state index is 1.23. The molecule has 0 aromatic heterocycles. The van der Waals surface area contributed by atoms with E-state index < -0.39 is 0 Å². The summed E-state index contributed by atoms with van der Waals surface area (Å²) in [6, 6.07) is 27.6. The van der Waals surface area contributed by atoms with Crippen LogP contribution < -0.4 is 0 Å². The van der Waals surface area contributed by atoms with E-state index in [4.69, 9.17) is 0 Å². The Labute approximate surface area is 126 Å². The highest BCUT2D eigenvalue weighted by molar-refractivity contribution is 5.80. The van der Waals surface area contributed by atoms with E-state index in [0.29, 0.717) is 0 Å². The van der Waals surface area contributed by atoms with Crippen LogP contribution in [0.25, 0.3) is 23.3 Å². The van der Waals surface area contributed by atoms with Crippen molar-refractivity contribution >= 4 is 12.2 Å². The Morgan fingerprint density at radius 2 is 1.29 bits per heavy atom. The molecule has 0 bridgehead atoms. The summed E-state index contributed by atoms with van der Waals surface area (Å²) < 4.78 is 0. The van der Waals surface area contributed by atoms with Crippen LogP contribution >= 0.6 is 0 Å². The van der Waals surface area contributed by atoms with Gasteiger partial charge in [-0.25, -0.2) is 0 Å². The van der Waals surface area contributed by atoms with Crippen molar-refractivity contribution in [1.29, 1.82) is 0 Å². The van der Waals surface area contributed by atoms with Gasteiger partial charge >= 0.3 is 0 Å². The Morgan fingerprint density at radius 3 is 2.05 bits per heavy atom. The molecule has 0 aliphatic heterocycles. The minimum absolute atomic E-state index is 1.23. The third-order valence-electron chi connectivity index (χ3n) is 3.58. The highest BCUT2D eigenvalue weighted by Gasteiger charge is 2.00. The van der Waals surface area contributed by atoms with E-state index in [0.717, 1.165) is 0 Å². The quantitative estimate of drug-likeness (QED) is 0.525. The van der Waals surface area contributed by atoms with Crippen molar-refractivity contribution in [3.05, 3.63) is 95.6 Å². The molecular formula is C21H18. The topological polar surface area (TPSA) is 0 Å². The fourth-order valence-corrected chi connectivity index (χ4v) is 2.39. The molecule has 21 heavy (non-hydrogen) atoms. The Kier molecular flexibility index (Phi) is 3.97. The van der Waals surface area contributed by atoms with Crippen LogP contribution in [0, 0.1) is 6.92 Å². The normalized spacial score (nSPS) is 10.9. The average Bonchev–Trinajstić information content (AvgIpc) is 2.55. The van der Waals surface area contributed by atoms with E-state index in [1.54, 1.807) is 0 Å². The molecule has 3 aromatic carbocycles. The molecule has 0 aliphatic rings. The largest absolute Gasteiger partial charge is 0.0622 e. The first kappa shape index (κ1) is 13.4. The summed E-state index contributed by atoms with van der Waals surface area (Å²) in [7, 11) is 0. The molecule has 0 saturated carbocycles. The Hall–Kier alpha value is -2.60. The van der Waals surface area contributed by atoms with Crippen LogP contribution in [0.1, 0.15) is 16.7 Å². The van der Waals surface area contributed by atoms with Gasteiger partial charge in [-0.3, -0.25) is 0 Å². The summed E-state index contributed by atoms with van der Waals surface area (Å²) in [5.41, 5.74) is 6.27. The lowest BCUT2D eigenvalue weighted by Gasteiger charge is -2.06. The molecule has 0 aliphatic carbocycles. The van der Waals surface area contributed by atoms with Gasteiger partial charge in [0.2, 0.25) is 0 Å². The van der Waals surface area contributed by atoms with Gasteiger partial charge in [-0.1, -0.05) is 96.6 Å². The molecular weight excluding hydrogens is 252 g/mol. The van der Waals surface area contributed by atoms with Crippen LogP contribution in [0.15, 0.2) is 78.9 Å². The molecule has 0 N–H and O–H groups in total. The molecule has 3 rings (SSSR count). The van der Waals surface area contributed by atoms with E-state index >= 15 is 0 Å². The predicted octanol–water partition coefficient (Wildman–Crippen LogP) is 5.83. The molecule has 0 spiro atoms. The first-order chi connectivity index (χ1) is 10.3. The van der Waals surface area contributed by atoms with Crippen LogP contribution in [0.5, 0.6) is 0 Å². The Balaban J connectivity index is 1.94. The number of hydrogen-bond donors (Lipinski definition) is 0. The van der Waals surface area contributed by atoms with Crippen LogP contribution in [0.3, 0.4) is 0 Å². The smallest absolute Gasteiger partial charge is 0.0111 e. The highest BCUT2D eigenvalue weighted by Crippen LogP contribution is 2.25. The molecule has 0 fully saturated rings. The van der Waals surface area contributed by atoms with Crippen molar-refractivity contribution in [2.75, 3.05) is 0 Å². The van der Waals surface area contributed by atoms with Crippen LogP contribution in [0.2, 0.25) is 0 Å². The molecule has 0 heteroatoms. The summed E-state index contributed by atoms with van der Waals surface area (Å²) in [5, 5.41) is 0. The number of benzene rings is 3. The summed E-state index contributed by atoms with van der Waals surface area (Å²) in [4.78, 5) is 0. The first-order valence-corrected chi connectivity index (χ1v) is 7.22. The maximum absolute atomic E-state index is 2.19. The van der Waals surface area contributed by atoms with Crippen molar-refractivity contribution in [3.63, 3.8) is 0 Å². The van der Waals surface area contributed by atoms with Gasteiger partial charge in [-0.2, -0.15) is 0 Å². The van der Waals surface area contributed by atoms with Gasteiger partial charge < -0.3 is 0 Å². The van der Waals surface area contributed by atoms with Gasteiger partial charge in [0, 0.05) is 0 Å². The lowest BCUT2D eigenvalue weighted by molar-refractivity contribution is 1.46. The monoisotopic (exact) mass is 270 g/mol. The third kappa shape index (κ3) is 3.29. The molecule has 0 heterocycles. The van der Waals surface area contributed by atoms with Crippen molar-refractivity contribution < 1.29 is 0 Å². The molecule has 0 radical (unpaired) electrons. The third-order valence-corrected chi connectivity index (χ3v) is 3.58. The Morgan fingerprint density at radius 1 is 0.619 bits per heavy atom. The first-order valence-electron chi connectivity index (χ1n) is 7.22. The van der Waals surface area contributed by atoms with Gasteiger partial charge in [0.25, 0.3) is 0 Å². The number of rotatable bonds is 3. The van der Waals surface area contributed by atoms with Crippen LogP contribution in [0.4, 0.5) is 0 Å². The summed E-state index contributed by atoms with van der Waals surface area (Å²) >= 11 is 0. The molecule has 0 atom stereocenters. The second kappa shape index (κ2) is 6.23. The standard InChI is InChI=1S/C21H18/c1-17-11-13-18(14-12-17)15-16-20-9-5-6-10-21(20)19-7-3-2-4-8-19/h2-16H,1H3/b16-15-. The fourth-order valence-electron chi connectivity index (χ4n) is 2.39. The van der Waals surface area contributed by atoms with E-state index in [2.05, 4.69) is 91.9 Å². The van der Waals surface area contributed by atoms with E-state index in [1.165, 1.54) is 27.8 Å². The lowest BCUT2D eigenvalue weighted by Crippen LogP contribution is -1.82. The molecule has 102 valence electrons. The van der Waals surface area contributed by atoms with Gasteiger partial charge in [-0.05, 0) is 29.2 Å². The summed E-state index contributed by atoms with van der Waals surface area (Å²) in [5.74, 6) is 0. The van der Waals surface area contributed by atoms with Gasteiger partial charge in [0.05, 0.1) is 0 Å². The zero-order valence-electron chi connectivity index (χ0n) is 12.2. The number of hydrogen-bond acceptors (Lipinski definition) is 0. The van der Waals surface area contributed by atoms with Crippen LogP contribution in [-0.2, 0) is 0 Å². The van der Waals surface area contributed by atoms with Crippen molar-refractivity contribution in [2.24, 2.45) is 0 Å². The molecule has 0 amide bonds. The molecule has 3 aromatic rings. The molecule has 0 nitrogen and oxygen atoms in total. The van der Waals surface area contributed by atoms with E-state index in [1.807, 2.05) is 6.07 Å². The fraction of sp³-hybridized carbons (Fsp3) is 0.0476. The average molecular weight is 270 g/mol. The van der Waals surface area contributed by atoms with E-state index in [-0.39, 0.29) is 0 Å². The maximum atomic E-state index is 2.19. The van der Waals surface area contributed by atoms with Crippen LogP contribution in [-0.4, -0.2) is 0 Å². The van der Waals surface area contributed by atoms with Gasteiger partial charge in [0.15, 0.2) is 0 Å². The summed E-state index contributed by atoms with van der Waals surface area (Å²) in [6.07, 6.45) is 4.36. The predicted molar refractivity (Wildman–Crippen MR) is 92.0 cm³/mol. The zero-order chi connectivity index (χ0) is 14.5. The van der Waals surface area contributed by atoms with Gasteiger partial charge in [0.1, 0.15) is 0 Å². The van der Waals surface area contributed by atoms with Gasteiger partial charge in [-0.15, -0.1) is 0 Å². The Bertz CT molecular complexity index is 735. The maximum Gasteiger partial charge on any atom is -0.0111 e. The van der Waals surface area contributed by atoms with E-state index in [9.17, 15) is 0 Å². The summed E-state index contributed by atoms with van der Waals surface area (Å²) in [6.45, 7) is 2.11. The SMILES string of the molecule is Cc1ccc(/C=C\c2ccccc2-c2ccccc2)cc1. The highest BCUT2D eigenvalue weighted by atomic mass is 14.0. The van der Waals surface area contributed by atoms with Crippen molar-refractivity contribution in [3.8, 4) is 11.1 Å². The minimum Gasteiger partial charge on any atom is -0.0622 e. The second-order valence-electron chi connectivity index (χ2n) is 5.20. The zero-order valence-corrected chi connectivity index (χ0v) is 12.2.